The second kappa shape index (κ2) is 8.16. The van der Waals surface area contributed by atoms with Crippen LogP contribution in [-0.2, 0) is 16.1 Å². The number of hydrogen-bond acceptors (Lipinski definition) is 5. The van der Waals surface area contributed by atoms with E-state index in [2.05, 4.69) is 5.32 Å². The van der Waals surface area contributed by atoms with E-state index in [-0.39, 0.29) is 24.1 Å². The second-order valence-electron chi connectivity index (χ2n) is 7.24. The fourth-order valence-corrected chi connectivity index (χ4v) is 4.18. The molecule has 1 aromatic heterocycles. The Labute approximate surface area is 179 Å². The molecule has 0 fully saturated rings. The Hall–Kier alpha value is -3.38. The molecule has 2 heterocycles. The highest BCUT2D eigenvalue weighted by Gasteiger charge is 2.39. The molecule has 152 valence electrons. The van der Waals surface area contributed by atoms with Gasteiger partial charge in [-0.05, 0) is 48.6 Å². The van der Waals surface area contributed by atoms with E-state index < -0.39 is 0 Å². The lowest BCUT2D eigenvalue weighted by atomic mass is 10.1. The van der Waals surface area contributed by atoms with Gasteiger partial charge in [-0.2, -0.15) is 0 Å². The lowest BCUT2D eigenvalue weighted by Gasteiger charge is -2.16. The van der Waals surface area contributed by atoms with Gasteiger partial charge in [0.1, 0.15) is 11.4 Å². The molecule has 1 aliphatic heterocycles. The summed E-state index contributed by atoms with van der Waals surface area (Å²) < 4.78 is 5.44. The number of nitrogens with one attached hydrogen (secondary N) is 1. The predicted octanol–water partition coefficient (Wildman–Crippen LogP) is 4.77. The first-order valence-corrected chi connectivity index (χ1v) is 10.5. The Morgan fingerprint density at radius 3 is 2.37 bits per heavy atom. The second-order valence-corrected chi connectivity index (χ2v) is 8.19. The van der Waals surface area contributed by atoms with Crippen LogP contribution in [0.25, 0.3) is 5.57 Å². The van der Waals surface area contributed by atoms with Crippen molar-refractivity contribution < 1.29 is 14.3 Å². The number of amides is 2. The summed E-state index contributed by atoms with van der Waals surface area (Å²) in [5.41, 5.74) is 4.38. The summed E-state index contributed by atoms with van der Waals surface area (Å²) in [6.07, 6.45) is 0. The molecular weight excluding hydrogens is 396 g/mol. The van der Waals surface area contributed by atoms with Crippen molar-refractivity contribution in [2.75, 3.05) is 12.4 Å². The highest BCUT2D eigenvalue weighted by Crippen LogP contribution is 2.35. The maximum atomic E-state index is 13.3. The number of carbonyl (C=O) groups is 2. The molecule has 0 unspecified atom stereocenters. The predicted molar refractivity (Wildman–Crippen MR) is 119 cm³/mol. The van der Waals surface area contributed by atoms with Crippen molar-refractivity contribution in [1.29, 1.82) is 0 Å². The monoisotopic (exact) mass is 418 g/mol. The SMILES string of the molecule is COc1ccc(C)cc1NC1=C(c2cccs2)C(=O)N(Cc2ccc(C)cc2)C1=O. The van der Waals surface area contributed by atoms with Gasteiger partial charge in [0.2, 0.25) is 0 Å². The van der Waals surface area contributed by atoms with Crippen LogP contribution in [0, 0.1) is 13.8 Å². The van der Waals surface area contributed by atoms with E-state index in [1.165, 1.54) is 16.2 Å². The Kier molecular flexibility index (Phi) is 5.42. The van der Waals surface area contributed by atoms with Crippen LogP contribution >= 0.6 is 11.3 Å². The van der Waals surface area contributed by atoms with Gasteiger partial charge < -0.3 is 10.1 Å². The normalized spacial score (nSPS) is 13.9. The minimum Gasteiger partial charge on any atom is -0.495 e. The van der Waals surface area contributed by atoms with Crippen LogP contribution in [0.5, 0.6) is 5.75 Å². The number of ether oxygens (including phenoxy) is 1. The van der Waals surface area contributed by atoms with Crippen molar-refractivity contribution in [3.05, 3.63) is 87.2 Å². The highest BCUT2D eigenvalue weighted by atomic mass is 32.1. The number of anilines is 1. The molecule has 0 saturated heterocycles. The molecule has 2 amide bonds. The number of rotatable bonds is 6. The third-order valence-electron chi connectivity index (χ3n) is 5.01. The summed E-state index contributed by atoms with van der Waals surface area (Å²) in [7, 11) is 1.58. The van der Waals surface area contributed by atoms with Crippen LogP contribution in [0.4, 0.5) is 5.69 Å². The minimum atomic E-state index is -0.340. The zero-order valence-corrected chi connectivity index (χ0v) is 17.9. The number of aryl methyl sites for hydroxylation is 2. The number of carbonyl (C=O) groups excluding carboxylic acids is 2. The molecule has 0 bridgehead atoms. The maximum Gasteiger partial charge on any atom is 0.278 e. The van der Waals surface area contributed by atoms with Gasteiger partial charge in [-0.1, -0.05) is 42.0 Å². The van der Waals surface area contributed by atoms with Crippen LogP contribution in [-0.4, -0.2) is 23.8 Å². The van der Waals surface area contributed by atoms with E-state index in [0.29, 0.717) is 17.0 Å². The van der Waals surface area contributed by atoms with Crippen molar-refractivity contribution in [2.24, 2.45) is 0 Å². The van der Waals surface area contributed by atoms with Crippen molar-refractivity contribution in [1.82, 2.24) is 4.90 Å². The van der Waals surface area contributed by atoms with Gasteiger partial charge in [0.25, 0.3) is 11.8 Å². The summed E-state index contributed by atoms with van der Waals surface area (Å²) in [5, 5.41) is 5.09. The van der Waals surface area contributed by atoms with E-state index in [4.69, 9.17) is 4.74 Å². The van der Waals surface area contributed by atoms with Crippen LogP contribution in [0.1, 0.15) is 21.6 Å². The molecule has 0 radical (unpaired) electrons. The largest absolute Gasteiger partial charge is 0.495 e. The lowest BCUT2D eigenvalue weighted by Crippen LogP contribution is -2.32. The topological polar surface area (TPSA) is 58.6 Å². The van der Waals surface area contributed by atoms with E-state index in [0.717, 1.165) is 21.6 Å². The summed E-state index contributed by atoms with van der Waals surface area (Å²) in [5.74, 6) is -0.0273. The number of nitrogens with zero attached hydrogens (tertiary/aromatic N) is 1. The third-order valence-corrected chi connectivity index (χ3v) is 5.90. The van der Waals surface area contributed by atoms with Crippen LogP contribution in [0.3, 0.4) is 0 Å². The molecule has 4 rings (SSSR count). The molecule has 0 aliphatic carbocycles. The fourth-order valence-electron chi connectivity index (χ4n) is 3.42. The first-order chi connectivity index (χ1) is 14.5. The lowest BCUT2D eigenvalue weighted by molar-refractivity contribution is -0.137. The van der Waals surface area contributed by atoms with Gasteiger partial charge in [0, 0.05) is 4.88 Å². The van der Waals surface area contributed by atoms with Crippen molar-refractivity contribution in [3.8, 4) is 5.75 Å². The molecule has 6 heteroatoms. The fraction of sp³-hybridized carbons (Fsp3) is 0.167. The molecule has 1 aliphatic rings. The smallest absolute Gasteiger partial charge is 0.278 e. The molecule has 0 atom stereocenters. The van der Waals surface area contributed by atoms with Crippen LogP contribution < -0.4 is 10.1 Å². The van der Waals surface area contributed by atoms with Crippen LogP contribution in [0.15, 0.2) is 65.7 Å². The van der Waals surface area contributed by atoms with Gasteiger partial charge in [0.05, 0.1) is 24.9 Å². The first kappa shape index (κ1) is 19.9. The van der Waals surface area contributed by atoms with Gasteiger partial charge in [-0.3, -0.25) is 14.5 Å². The average molecular weight is 419 g/mol. The Morgan fingerprint density at radius 2 is 1.70 bits per heavy atom. The molecule has 2 aromatic carbocycles. The number of hydrogen-bond donors (Lipinski definition) is 1. The summed E-state index contributed by atoms with van der Waals surface area (Å²) >= 11 is 1.43. The summed E-state index contributed by atoms with van der Waals surface area (Å²) in [6.45, 7) is 4.19. The van der Waals surface area contributed by atoms with Gasteiger partial charge in [0.15, 0.2) is 0 Å². The summed E-state index contributed by atoms with van der Waals surface area (Å²) in [6, 6.07) is 17.2. The molecule has 30 heavy (non-hydrogen) atoms. The average Bonchev–Trinajstić information content (AvgIpc) is 3.33. The molecule has 0 spiro atoms. The highest BCUT2D eigenvalue weighted by molar-refractivity contribution is 7.11. The van der Waals surface area contributed by atoms with Gasteiger partial charge in [-0.25, -0.2) is 0 Å². The Bertz CT molecular complexity index is 1130. The number of methoxy groups -OCH3 is 1. The number of imide groups is 1. The van der Waals surface area contributed by atoms with Crippen molar-refractivity contribution in [2.45, 2.75) is 20.4 Å². The number of benzene rings is 2. The maximum absolute atomic E-state index is 13.3. The Morgan fingerprint density at radius 1 is 0.967 bits per heavy atom. The van der Waals surface area contributed by atoms with Gasteiger partial charge in [-0.15, -0.1) is 11.3 Å². The molecule has 3 aromatic rings. The molecule has 1 N–H and O–H groups in total. The standard InChI is InChI=1S/C24H22N2O3S/c1-15-6-9-17(10-7-15)14-26-23(27)21(20-5-4-12-30-20)22(24(26)28)25-18-13-16(2)8-11-19(18)29-3/h4-13,25H,14H2,1-3H3. The van der Waals surface area contributed by atoms with Crippen molar-refractivity contribution in [3.63, 3.8) is 0 Å². The quantitative estimate of drug-likeness (QED) is 0.586. The Balaban J connectivity index is 1.73. The number of thiophene rings is 1. The van der Waals surface area contributed by atoms with E-state index >= 15 is 0 Å². The molecule has 0 saturated carbocycles. The first-order valence-electron chi connectivity index (χ1n) is 9.59. The zero-order valence-electron chi connectivity index (χ0n) is 17.1. The van der Waals surface area contributed by atoms with Gasteiger partial charge >= 0.3 is 0 Å². The van der Waals surface area contributed by atoms with E-state index in [1.807, 2.05) is 73.8 Å². The minimum absolute atomic E-state index is 0.225. The third kappa shape index (κ3) is 3.74. The van der Waals surface area contributed by atoms with E-state index in [1.54, 1.807) is 7.11 Å². The zero-order chi connectivity index (χ0) is 21.3. The van der Waals surface area contributed by atoms with E-state index in [9.17, 15) is 9.59 Å². The molecule has 5 nitrogen and oxygen atoms in total. The van der Waals surface area contributed by atoms with Crippen molar-refractivity contribution >= 4 is 34.4 Å². The van der Waals surface area contributed by atoms with Crippen LogP contribution in [0.2, 0.25) is 0 Å². The summed E-state index contributed by atoms with van der Waals surface area (Å²) in [4.78, 5) is 28.7. The molecular formula is C24H22N2O3S.